The second-order valence-electron chi connectivity index (χ2n) is 7.10. The van der Waals surface area contributed by atoms with Crippen LogP contribution in [0.3, 0.4) is 0 Å². The Morgan fingerprint density at radius 3 is 2.26 bits per heavy atom. The first-order valence-electron chi connectivity index (χ1n) is 10.3. The molecule has 0 fully saturated rings. The minimum atomic E-state index is -3.93. The number of benzene rings is 2. The van der Waals surface area contributed by atoms with E-state index in [-0.39, 0.29) is 46.3 Å². The third kappa shape index (κ3) is 5.81. The molecule has 0 bridgehead atoms. The molecular formula is C22H25N3O8S2. The normalized spacial score (nSPS) is 12.0. The molecule has 0 aliphatic carbocycles. The van der Waals surface area contributed by atoms with Crippen molar-refractivity contribution in [2.75, 3.05) is 27.9 Å². The molecule has 188 valence electrons. The molecule has 0 atom stereocenters. The summed E-state index contributed by atoms with van der Waals surface area (Å²) in [5, 5.41) is 5.26. The number of nitrogens with zero attached hydrogens (tertiary/aromatic N) is 2. The number of amides is 1. The molecule has 0 aliphatic heterocycles. The van der Waals surface area contributed by atoms with E-state index in [9.17, 15) is 18.0 Å². The van der Waals surface area contributed by atoms with Gasteiger partial charge in [-0.1, -0.05) is 11.3 Å². The third-order valence-corrected chi connectivity index (χ3v) is 6.89. The molecule has 35 heavy (non-hydrogen) atoms. The van der Waals surface area contributed by atoms with Gasteiger partial charge in [0.1, 0.15) is 0 Å². The number of esters is 1. The SMILES string of the molecule is CCOC(=O)CCn1c(=NC(=O)c2cc(OC)c(OC)c(OC)c2)sc2cc(S(N)(=O)=O)ccc21. The summed E-state index contributed by atoms with van der Waals surface area (Å²) in [6, 6.07) is 7.26. The van der Waals surface area contributed by atoms with Crippen molar-refractivity contribution in [2.24, 2.45) is 10.1 Å². The lowest BCUT2D eigenvalue weighted by Gasteiger charge is -2.12. The van der Waals surface area contributed by atoms with Crippen LogP contribution in [0.4, 0.5) is 0 Å². The average Bonchev–Trinajstić information content (AvgIpc) is 3.17. The van der Waals surface area contributed by atoms with E-state index in [1.54, 1.807) is 17.6 Å². The molecule has 1 amide bonds. The minimum absolute atomic E-state index is 0.0299. The lowest BCUT2D eigenvalue weighted by atomic mass is 10.1. The van der Waals surface area contributed by atoms with Crippen LogP contribution in [-0.4, -0.2) is 52.8 Å². The fraction of sp³-hybridized carbons (Fsp3) is 0.318. The van der Waals surface area contributed by atoms with Gasteiger partial charge in [-0.25, -0.2) is 13.6 Å². The van der Waals surface area contributed by atoms with Crippen LogP contribution in [0.5, 0.6) is 17.2 Å². The quantitative estimate of drug-likeness (QED) is 0.419. The largest absolute Gasteiger partial charge is 0.493 e. The van der Waals surface area contributed by atoms with Gasteiger partial charge in [0.25, 0.3) is 5.91 Å². The lowest BCUT2D eigenvalue weighted by Crippen LogP contribution is -2.19. The molecule has 0 unspecified atom stereocenters. The topological polar surface area (TPSA) is 149 Å². The zero-order valence-electron chi connectivity index (χ0n) is 19.6. The van der Waals surface area contributed by atoms with Gasteiger partial charge < -0.3 is 23.5 Å². The highest BCUT2D eigenvalue weighted by molar-refractivity contribution is 7.89. The summed E-state index contributed by atoms with van der Waals surface area (Å²) >= 11 is 1.09. The number of carbonyl (C=O) groups is 2. The first kappa shape index (κ1) is 26.2. The Morgan fingerprint density at radius 1 is 1.06 bits per heavy atom. The van der Waals surface area contributed by atoms with E-state index < -0.39 is 21.9 Å². The molecule has 13 heteroatoms. The maximum Gasteiger partial charge on any atom is 0.307 e. The van der Waals surface area contributed by atoms with Gasteiger partial charge in [0, 0.05) is 12.1 Å². The van der Waals surface area contributed by atoms with Gasteiger partial charge in [-0.3, -0.25) is 9.59 Å². The van der Waals surface area contributed by atoms with Crippen LogP contribution < -0.4 is 24.2 Å². The number of aromatic nitrogens is 1. The van der Waals surface area contributed by atoms with Gasteiger partial charge in [-0.05, 0) is 37.3 Å². The number of primary sulfonamides is 1. The maximum absolute atomic E-state index is 13.1. The van der Waals surface area contributed by atoms with E-state index in [1.807, 2.05) is 0 Å². The van der Waals surface area contributed by atoms with Crippen molar-refractivity contribution >= 4 is 43.5 Å². The first-order valence-corrected chi connectivity index (χ1v) is 12.7. The van der Waals surface area contributed by atoms with Crippen LogP contribution in [0, 0.1) is 0 Å². The molecule has 0 aliphatic rings. The van der Waals surface area contributed by atoms with Crippen molar-refractivity contribution in [3.63, 3.8) is 0 Å². The van der Waals surface area contributed by atoms with Crippen LogP contribution in [0.15, 0.2) is 40.2 Å². The van der Waals surface area contributed by atoms with E-state index in [2.05, 4.69) is 4.99 Å². The summed E-state index contributed by atoms with van der Waals surface area (Å²) < 4.78 is 46.7. The van der Waals surface area contributed by atoms with Crippen molar-refractivity contribution in [1.82, 2.24) is 4.57 Å². The Labute approximate surface area is 205 Å². The van der Waals surface area contributed by atoms with Gasteiger partial charge in [0.2, 0.25) is 15.8 Å². The molecule has 2 N–H and O–H groups in total. The number of nitrogens with two attached hydrogens (primary N) is 1. The van der Waals surface area contributed by atoms with Gasteiger partial charge in [-0.2, -0.15) is 4.99 Å². The molecular weight excluding hydrogens is 498 g/mol. The van der Waals surface area contributed by atoms with Gasteiger partial charge in [0.15, 0.2) is 16.3 Å². The zero-order valence-corrected chi connectivity index (χ0v) is 21.2. The molecule has 0 saturated carbocycles. The summed E-state index contributed by atoms with van der Waals surface area (Å²) in [7, 11) is 0.380. The van der Waals surface area contributed by atoms with E-state index in [0.29, 0.717) is 16.0 Å². The highest BCUT2D eigenvalue weighted by Crippen LogP contribution is 2.38. The molecule has 2 aromatic carbocycles. The summed E-state index contributed by atoms with van der Waals surface area (Å²) in [5.41, 5.74) is 0.766. The summed E-state index contributed by atoms with van der Waals surface area (Å²) in [5.74, 6) is -0.118. The fourth-order valence-corrected chi connectivity index (χ4v) is 5.03. The number of hydrogen-bond donors (Lipinski definition) is 1. The Hall–Kier alpha value is -3.42. The highest BCUT2D eigenvalue weighted by Gasteiger charge is 2.18. The lowest BCUT2D eigenvalue weighted by molar-refractivity contribution is -0.143. The van der Waals surface area contributed by atoms with Crippen molar-refractivity contribution < 1.29 is 37.0 Å². The maximum atomic E-state index is 13.1. The predicted molar refractivity (Wildman–Crippen MR) is 128 cm³/mol. The Kier molecular flexibility index (Phi) is 8.14. The van der Waals surface area contributed by atoms with E-state index >= 15 is 0 Å². The number of fused-ring (bicyclic) bond motifs is 1. The average molecular weight is 524 g/mol. The number of rotatable bonds is 9. The summed E-state index contributed by atoms with van der Waals surface area (Å²) in [6.45, 7) is 2.11. The number of thiazole rings is 1. The van der Waals surface area contributed by atoms with Crippen molar-refractivity contribution in [3.8, 4) is 17.2 Å². The van der Waals surface area contributed by atoms with Gasteiger partial charge >= 0.3 is 5.97 Å². The van der Waals surface area contributed by atoms with Crippen LogP contribution >= 0.6 is 11.3 Å². The molecule has 11 nitrogen and oxygen atoms in total. The molecule has 0 spiro atoms. The fourth-order valence-electron chi connectivity index (χ4n) is 3.32. The molecule has 0 saturated heterocycles. The van der Waals surface area contributed by atoms with E-state index in [1.165, 1.54) is 45.6 Å². The monoisotopic (exact) mass is 523 g/mol. The van der Waals surface area contributed by atoms with Crippen LogP contribution in [-0.2, 0) is 26.1 Å². The summed E-state index contributed by atoms with van der Waals surface area (Å²) in [6.07, 6.45) is 0.0299. The standard InChI is InChI=1S/C22H25N3O8S2/c1-5-33-19(26)8-9-25-15-7-6-14(35(23,28)29)12-18(15)34-22(25)24-21(27)13-10-16(30-2)20(32-4)17(11-13)31-3/h6-7,10-12H,5,8-9H2,1-4H3,(H2,23,28,29). The smallest absolute Gasteiger partial charge is 0.307 e. The molecule has 0 radical (unpaired) electrons. The highest BCUT2D eigenvalue weighted by atomic mass is 32.2. The number of sulfonamides is 1. The summed E-state index contributed by atoms with van der Waals surface area (Å²) in [4.78, 5) is 29.5. The number of carbonyl (C=O) groups excluding carboxylic acids is 2. The van der Waals surface area contributed by atoms with Gasteiger partial charge in [0.05, 0.1) is 49.5 Å². The second kappa shape index (κ2) is 10.9. The van der Waals surface area contributed by atoms with Crippen molar-refractivity contribution in [1.29, 1.82) is 0 Å². The van der Waals surface area contributed by atoms with Crippen molar-refractivity contribution in [3.05, 3.63) is 40.7 Å². The molecule has 3 aromatic rings. The number of aryl methyl sites for hydroxylation is 1. The predicted octanol–water partition coefficient (Wildman–Crippen LogP) is 2.07. The molecule has 3 rings (SSSR count). The van der Waals surface area contributed by atoms with Crippen molar-refractivity contribution in [2.45, 2.75) is 24.8 Å². The second-order valence-corrected chi connectivity index (χ2v) is 9.67. The van der Waals surface area contributed by atoms with Crippen LogP contribution in [0.25, 0.3) is 10.2 Å². The molecule has 1 heterocycles. The van der Waals surface area contributed by atoms with E-state index in [4.69, 9.17) is 24.1 Å². The van der Waals surface area contributed by atoms with Crippen LogP contribution in [0.1, 0.15) is 23.7 Å². The Bertz CT molecular complexity index is 1420. The Morgan fingerprint density at radius 2 is 1.71 bits per heavy atom. The first-order chi connectivity index (χ1) is 16.6. The molecule has 1 aromatic heterocycles. The number of hydrogen-bond acceptors (Lipinski definition) is 9. The van der Waals surface area contributed by atoms with Gasteiger partial charge in [-0.15, -0.1) is 0 Å². The number of ether oxygens (including phenoxy) is 4. The zero-order chi connectivity index (χ0) is 25.8. The minimum Gasteiger partial charge on any atom is -0.493 e. The number of methoxy groups -OCH3 is 3. The van der Waals surface area contributed by atoms with E-state index in [0.717, 1.165) is 11.3 Å². The third-order valence-electron chi connectivity index (χ3n) is 4.94. The Balaban J connectivity index is 2.15. The van der Waals surface area contributed by atoms with Crippen LogP contribution in [0.2, 0.25) is 0 Å².